The van der Waals surface area contributed by atoms with E-state index in [0.717, 1.165) is 0 Å². The Hall–Kier alpha value is -1.54. The third kappa shape index (κ3) is 14.2. The van der Waals surface area contributed by atoms with Gasteiger partial charge >= 0.3 is 0 Å². The maximum atomic E-state index is 10.3. The Kier molecular flexibility index (Phi) is 23.1. The van der Waals surface area contributed by atoms with Gasteiger partial charge in [0.15, 0.2) is 25.2 Å². The number of aliphatic hydroxyl groups excluding tert-OH is 16. The topological polar surface area (TPSA) is 430 Å². The number of aliphatic hydroxyl groups is 16. The van der Waals surface area contributed by atoms with Crippen LogP contribution in [-0.4, -0.2) is 238 Å². The molecule has 0 aromatic rings. The summed E-state index contributed by atoms with van der Waals surface area (Å²) in [5.41, 5.74) is 0. The SMILES string of the molecule is CON.O=C[C@H](O)[C@@H](O)[C@H](O)[C@H](O)CO[C@H]1O[C@H](CO)[C@@H](O)[C@H](O)[C@H]1O.O=C[C@H](O)[C@@H](O)[C@H](O)[C@H](O)CO[C@H]1O[C@H](CO)[C@@H](O)[C@H](O)[C@H]1O. The molecule has 2 aliphatic heterocycles. The molecule has 0 aliphatic carbocycles. The van der Waals surface area contributed by atoms with E-state index in [2.05, 4.69) is 10.7 Å². The first-order chi connectivity index (χ1) is 22.9. The first-order valence-electron chi connectivity index (χ1n) is 14.3. The highest BCUT2D eigenvalue weighted by atomic mass is 16.7. The molecule has 0 radical (unpaired) electrons. The third-order valence-corrected chi connectivity index (χ3v) is 7.03. The van der Waals surface area contributed by atoms with E-state index in [4.69, 9.17) is 39.4 Å². The van der Waals surface area contributed by atoms with Crippen LogP contribution in [-0.2, 0) is 33.4 Å². The Morgan fingerprint density at radius 2 is 0.857 bits per heavy atom. The maximum Gasteiger partial charge on any atom is 0.186 e. The lowest BCUT2D eigenvalue weighted by atomic mass is 9.99. The molecule has 0 amide bonds. The van der Waals surface area contributed by atoms with Crippen molar-refractivity contribution in [2.45, 2.75) is 110 Å². The van der Waals surface area contributed by atoms with Crippen molar-refractivity contribution in [1.29, 1.82) is 0 Å². The van der Waals surface area contributed by atoms with E-state index in [1.165, 1.54) is 7.11 Å². The van der Waals surface area contributed by atoms with Gasteiger partial charge in [0.2, 0.25) is 0 Å². The Balaban J connectivity index is 0.000000870. The Morgan fingerprint density at radius 1 is 0.571 bits per heavy atom. The molecule has 0 saturated carbocycles. The minimum Gasteiger partial charge on any atom is -0.394 e. The summed E-state index contributed by atoms with van der Waals surface area (Å²) in [6.45, 7) is -2.74. The lowest BCUT2D eigenvalue weighted by Crippen LogP contribution is -2.59. The lowest BCUT2D eigenvalue weighted by molar-refractivity contribution is -0.306. The fourth-order valence-corrected chi connectivity index (χ4v) is 4.01. The molecule has 24 heteroatoms. The minimum atomic E-state index is -1.96. The van der Waals surface area contributed by atoms with Crippen LogP contribution < -0.4 is 5.90 Å². The van der Waals surface area contributed by atoms with Crippen LogP contribution in [0, 0.1) is 0 Å². The molecule has 2 aliphatic rings. The van der Waals surface area contributed by atoms with Crippen LogP contribution in [0.2, 0.25) is 0 Å². The third-order valence-electron chi connectivity index (χ3n) is 7.03. The van der Waals surface area contributed by atoms with Gasteiger partial charge in [0.25, 0.3) is 0 Å². The Bertz CT molecular complexity index is 822. The number of nitrogens with two attached hydrogens (primary N) is 1. The molecule has 0 aromatic carbocycles. The van der Waals surface area contributed by atoms with Crippen molar-refractivity contribution in [3.63, 3.8) is 0 Å². The van der Waals surface area contributed by atoms with E-state index < -0.39 is 137 Å². The smallest absolute Gasteiger partial charge is 0.186 e. The van der Waals surface area contributed by atoms with Crippen LogP contribution in [0.1, 0.15) is 0 Å². The monoisotopic (exact) mass is 731 g/mol. The Labute approximate surface area is 277 Å². The number of aldehydes is 2. The van der Waals surface area contributed by atoms with Gasteiger partial charge in [0.1, 0.15) is 97.7 Å². The summed E-state index contributed by atoms with van der Waals surface area (Å²) >= 11 is 0. The van der Waals surface area contributed by atoms with E-state index in [1.807, 2.05) is 0 Å². The minimum absolute atomic E-state index is 0.0287. The van der Waals surface area contributed by atoms with Gasteiger partial charge in [-0.2, -0.15) is 0 Å². The molecular formula is C25H49NO23. The van der Waals surface area contributed by atoms with Crippen LogP contribution in [0.3, 0.4) is 0 Å². The van der Waals surface area contributed by atoms with Gasteiger partial charge in [0.05, 0.1) is 33.5 Å². The van der Waals surface area contributed by atoms with Crippen molar-refractivity contribution < 1.29 is 115 Å². The van der Waals surface area contributed by atoms with E-state index in [-0.39, 0.29) is 12.6 Å². The molecule has 0 unspecified atom stereocenters. The molecule has 18 N–H and O–H groups in total. The fourth-order valence-electron chi connectivity index (χ4n) is 4.01. The lowest BCUT2D eigenvalue weighted by Gasteiger charge is -2.40. The molecule has 2 saturated heterocycles. The number of hydrogen-bond donors (Lipinski definition) is 17. The summed E-state index contributed by atoms with van der Waals surface area (Å²) in [6, 6.07) is 0. The molecule has 0 aromatic heterocycles. The zero-order chi connectivity index (χ0) is 38.2. The molecular weight excluding hydrogens is 682 g/mol. The van der Waals surface area contributed by atoms with E-state index in [0.29, 0.717) is 0 Å². The highest BCUT2D eigenvalue weighted by Crippen LogP contribution is 2.23. The van der Waals surface area contributed by atoms with Crippen molar-refractivity contribution in [3.05, 3.63) is 0 Å². The molecule has 2 heterocycles. The second-order valence-corrected chi connectivity index (χ2v) is 10.6. The summed E-state index contributed by atoms with van der Waals surface area (Å²) in [6.07, 6.45) is -30.5. The molecule has 49 heavy (non-hydrogen) atoms. The predicted molar refractivity (Wildman–Crippen MR) is 151 cm³/mol. The second kappa shape index (κ2) is 23.8. The van der Waals surface area contributed by atoms with E-state index in [9.17, 15) is 70.9 Å². The van der Waals surface area contributed by atoms with Crippen molar-refractivity contribution in [2.24, 2.45) is 5.90 Å². The molecule has 0 bridgehead atoms. The van der Waals surface area contributed by atoms with Crippen LogP contribution in [0.25, 0.3) is 0 Å². The largest absolute Gasteiger partial charge is 0.394 e. The standard InChI is InChI=1S/2C12H22O11.CH5NO/c2*13-1-4(15)7(17)8(18)5(16)3-22-12-11(21)10(20)9(19)6(2-14)23-12;1-3-2/h2*1,4-12,14-21H,2-3H2;2H2,1H3/t2*4-,5+,6+,7+,8+,9+,10-,11+,12-;/m00./s1. The maximum absolute atomic E-state index is 10.3. The number of hydrogen-bond acceptors (Lipinski definition) is 24. The quantitative estimate of drug-likeness (QED) is 0.0517. The van der Waals surface area contributed by atoms with Crippen molar-refractivity contribution in [3.8, 4) is 0 Å². The summed E-state index contributed by atoms with van der Waals surface area (Å²) in [5.74, 6) is 4.35. The van der Waals surface area contributed by atoms with Crippen molar-refractivity contribution in [1.82, 2.24) is 0 Å². The van der Waals surface area contributed by atoms with Crippen LogP contribution >= 0.6 is 0 Å². The Morgan fingerprint density at radius 3 is 1.10 bits per heavy atom. The summed E-state index contributed by atoms with van der Waals surface area (Å²) < 4.78 is 19.9. The summed E-state index contributed by atoms with van der Waals surface area (Å²) in [7, 11) is 1.40. The second-order valence-electron chi connectivity index (χ2n) is 10.6. The first-order valence-corrected chi connectivity index (χ1v) is 14.3. The van der Waals surface area contributed by atoms with Gasteiger partial charge in [-0.25, -0.2) is 5.90 Å². The van der Waals surface area contributed by atoms with Gasteiger partial charge in [-0.3, -0.25) is 0 Å². The molecule has 0 spiro atoms. The highest BCUT2D eigenvalue weighted by Gasteiger charge is 2.46. The molecule has 24 nitrogen and oxygen atoms in total. The highest BCUT2D eigenvalue weighted by molar-refractivity contribution is 5.57. The average Bonchev–Trinajstić information content (AvgIpc) is 3.10. The number of ether oxygens (including phenoxy) is 4. The molecule has 2 fully saturated rings. The van der Waals surface area contributed by atoms with Gasteiger partial charge in [-0.05, 0) is 0 Å². The van der Waals surface area contributed by atoms with Crippen LogP contribution in [0.15, 0.2) is 0 Å². The molecule has 2 rings (SSSR count). The van der Waals surface area contributed by atoms with Crippen molar-refractivity contribution >= 4 is 12.6 Å². The van der Waals surface area contributed by atoms with Gasteiger partial charge in [-0.15, -0.1) is 0 Å². The van der Waals surface area contributed by atoms with E-state index >= 15 is 0 Å². The van der Waals surface area contributed by atoms with Gasteiger partial charge < -0.3 is 115 Å². The zero-order valence-electron chi connectivity index (χ0n) is 26.0. The number of carbonyl (C=O) groups is 2. The van der Waals surface area contributed by atoms with Crippen molar-refractivity contribution in [2.75, 3.05) is 33.5 Å². The number of carbonyl (C=O) groups excluding carboxylic acids is 2. The fraction of sp³-hybridized carbons (Fsp3) is 0.920. The number of rotatable bonds is 16. The summed E-state index contributed by atoms with van der Waals surface area (Å²) in [4.78, 5) is 24.3. The van der Waals surface area contributed by atoms with Gasteiger partial charge in [0, 0.05) is 0 Å². The van der Waals surface area contributed by atoms with Gasteiger partial charge in [-0.1, -0.05) is 0 Å². The predicted octanol–water partition coefficient (Wildman–Crippen LogP) is -11.6. The van der Waals surface area contributed by atoms with Crippen LogP contribution in [0.5, 0.6) is 0 Å². The molecule has 292 valence electrons. The average molecular weight is 732 g/mol. The van der Waals surface area contributed by atoms with Crippen LogP contribution in [0.4, 0.5) is 0 Å². The van der Waals surface area contributed by atoms with E-state index in [1.54, 1.807) is 0 Å². The summed E-state index contributed by atoms with van der Waals surface area (Å²) in [5, 5.41) is 151. The zero-order valence-corrected chi connectivity index (χ0v) is 26.0. The normalized spacial score (nSPS) is 35.1. The molecule has 18 atom stereocenters. The first kappa shape index (κ1) is 47.5.